The maximum absolute atomic E-state index is 12.9. The van der Waals surface area contributed by atoms with Crippen LogP contribution in [0.5, 0.6) is 0 Å². The Balaban J connectivity index is 1.35. The number of aliphatic hydroxyl groups is 1. The quantitative estimate of drug-likeness (QED) is 0.573. The Labute approximate surface area is 186 Å². The van der Waals surface area contributed by atoms with Crippen LogP contribution in [0.1, 0.15) is 36.8 Å². The van der Waals surface area contributed by atoms with Gasteiger partial charge in [0.05, 0.1) is 30.5 Å². The molecule has 4 rings (SSSR count). The van der Waals surface area contributed by atoms with E-state index >= 15 is 0 Å². The predicted octanol–water partition coefficient (Wildman–Crippen LogP) is 1.97. The fourth-order valence-corrected chi connectivity index (χ4v) is 4.01. The predicted molar refractivity (Wildman–Crippen MR) is 116 cm³/mol. The number of hydrogen-bond acceptors (Lipinski definition) is 7. The van der Waals surface area contributed by atoms with Crippen molar-refractivity contribution in [2.75, 3.05) is 6.54 Å². The first kappa shape index (κ1) is 21.9. The second-order valence-corrected chi connectivity index (χ2v) is 8.19. The average molecular weight is 438 g/mol. The van der Waals surface area contributed by atoms with Gasteiger partial charge in [-0.3, -0.25) is 14.3 Å². The highest BCUT2D eigenvalue weighted by atomic mass is 16.5. The summed E-state index contributed by atoms with van der Waals surface area (Å²) in [6.45, 7) is 4.71. The highest BCUT2D eigenvalue weighted by Crippen LogP contribution is 2.23. The molecule has 1 amide bonds. The van der Waals surface area contributed by atoms with E-state index in [2.05, 4.69) is 15.5 Å². The number of ketones is 1. The molecule has 3 heterocycles. The third-order valence-corrected chi connectivity index (χ3v) is 5.75. The molecule has 0 radical (unpaired) electrons. The molecular weight excluding hydrogens is 410 g/mol. The molecule has 168 valence electrons. The molecule has 2 aromatic heterocycles. The number of Topliss-reactive ketones (excluding diaryl/α,β-unsaturated/α-hetero) is 1. The van der Waals surface area contributed by atoms with Crippen molar-refractivity contribution in [2.45, 2.75) is 58.2 Å². The van der Waals surface area contributed by atoms with E-state index in [9.17, 15) is 14.7 Å². The standard InChI is InChI=1S/C23H27N5O4/c1-3-27-14-20(24-26-27)17-7-4-16(5-8-17)6-9-22(30)21-11-18(29)13-28(21)23(31)12-19-10-15(2)25-32-19/h4-5,7-8,10,14,18,21,29H,3,6,9,11-13H2,1-2H3/t18-,21+/m1/s1. The van der Waals surface area contributed by atoms with Crippen LogP contribution in [0, 0.1) is 6.92 Å². The van der Waals surface area contributed by atoms with Gasteiger partial charge < -0.3 is 14.5 Å². The third-order valence-electron chi connectivity index (χ3n) is 5.75. The Hall–Kier alpha value is -3.33. The highest BCUT2D eigenvalue weighted by Gasteiger charge is 2.38. The van der Waals surface area contributed by atoms with E-state index in [-0.39, 0.29) is 31.1 Å². The van der Waals surface area contributed by atoms with Crippen LogP contribution >= 0.6 is 0 Å². The number of β-amino-alcohol motifs (C(OH)–C–C–N with tert-alkyl or cyclic N) is 1. The van der Waals surface area contributed by atoms with Crippen LogP contribution in [0.15, 0.2) is 41.1 Å². The van der Waals surface area contributed by atoms with Gasteiger partial charge in [0.2, 0.25) is 5.91 Å². The summed E-state index contributed by atoms with van der Waals surface area (Å²) < 4.78 is 6.89. The molecule has 9 heteroatoms. The summed E-state index contributed by atoms with van der Waals surface area (Å²) in [5.74, 6) is 0.179. The molecule has 32 heavy (non-hydrogen) atoms. The summed E-state index contributed by atoms with van der Waals surface area (Å²) in [6, 6.07) is 8.99. The topological polar surface area (TPSA) is 114 Å². The van der Waals surface area contributed by atoms with Crippen LogP contribution < -0.4 is 0 Å². The lowest BCUT2D eigenvalue weighted by Gasteiger charge is -2.23. The fourth-order valence-electron chi connectivity index (χ4n) is 4.01. The number of carbonyl (C=O) groups excluding carboxylic acids is 2. The van der Waals surface area contributed by atoms with Crippen molar-refractivity contribution in [3.8, 4) is 11.3 Å². The van der Waals surface area contributed by atoms with Gasteiger partial charge >= 0.3 is 0 Å². The van der Waals surface area contributed by atoms with E-state index in [0.29, 0.717) is 24.3 Å². The van der Waals surface area contributed by atoms with Crippen LogP contribution in [0.25, 0.3) is 11.3 Å². The number of rotatable bonds is 8. The number of aromatic nitrogens is 4. The number of hydrogen-bond donors (Lipinski definition) is 1. The molecule has 0 aliphatic carbocycles. The van der Waals surface area contributed by atoms with Crippen LogP contribution in [0.3, 0.4) is 0 Å². The van der Waals surface area contributed by atoms with Gasteiger partial charge in [0, 0.05) is 37.6 Å². The lowest BCUT2D eigenvalue weighted by molar-refractivity contribution is -0.137. The van der Waals surface area contributed by atoms with Gasteiger partial charge in [-0.15, -0.1) is 5.10 Å². The molecule has 0 bridgehead atoms. The normalized spacial score (nSPS) is 18.3. The summed E-state index contributed by atoms with van der Waals surface area (Å²) in [5.41, 5.74) is 3.50. The lowest BCUT2D eigenvalue weighted by atomic mass is 10.00. The number of nitrogens with zero attached hydrogens (tertiary/aromatic N) is 5. The first-order valence-corrected chi connectivity index (χ1v) is 10.8. The molecule has 1 aliphatic rings. The van der Waals surface area contributed by atoms with E-state index in [1.807, 2.05) is 37.4 Å². The molecule has 1 saturated heterocycles. The highest BCUT2D eigenvalue weighted by molar-refractivity contribution is 5.90. The van der Waals surface area contributed by atoms with Crippen LogP contribution in [0.4, 0.5) is 0 Å². The Bertz CT molecular complexity index is 1090. The van der Waals surface area contributed by atoms with Crippen molar-refractivity contribution in [1.29, 1.82) is 0 Å². The maximum Gasteiger partial charge on any atom is 0.231 e. The minimum Gasteiger partial charge on any atom is -0.391 e. The van der Waals surface area contributed by atoms with E-state index in [1.165, 1.54) is 4.90 Å². The number of aliphatic hydroxyl groups excluding tert-OH is 1. The number of likely N-dealkylation sites (tertiary alicyclic amines) is 1. The first-order valence-electron chi connectivity index (χ1n) is 10.8. The van der Waals surface area contributed by atoms with Crippen molar-refractivity contribution in [1.82, 2.24) is 25.1 Å². The summed E-state index contributed by atoms with van der Waals surface area (Å²) in [4.78, 5) is 27.1. The molecule has 1 aliphatic heterocycles. The van der Waals surface area contributed by atoms with Gasteiger partial charge in [-0.1, -0.05) is 34.6 Å². The third kappa shape index (κ3) is 4.94. The Morgan fingerprint density at radius 3 is 2.69 bits per heavy atom. The van der Waals surface area contributed by atoms with Crippen molar-refractivity contribution < 1.29 is 19.2 Å². The zero-order chi connectivity index (χ0) is 22.7. The summed E-state index contributed by atoms with van der Waals surface area (Å²) in [6.07, 6.45) is 2.37. The molecule has 2 atom stereocenters. The van der Waals surface area contributed by atoms with E-state index in [4.69, 9.17) is 4.52 Å². The van der Waals surface area contributed by atoms with Crippen molar-refractivity contribution in [3.05, 3.63) is 53.5 Å². The summed E-state index contributed by atoms with van der Waals surface area (Å²) >= 11 is 0. The van der Waals surface area contributed by atoms with Crippen LogP contribution in [-0.4, -0.2) is 60.5 Å². The molecular formula is C23H27N5O4. The summed E-state index contributed by atoms with van der Waals surface area (Å²) in [5, 5.41) is 22.1. The minimum atomic E-state index is -0.694. The first-order chi connectivity index (χ1) is 15.4. The van der Waals surface area contributed by atoms with Gasteiger partial charge in [-0.25, -0.2) is 0 Å². The SMILES string of the molecule is CCn1cc(-c2ccc(CCC(=O)[C@@H]3C[C@@H](O)CN3C(=O)Cc3cc(C)no3)cc2)nn1. The van der Waals surface area contributed by atoms with Gasteiger partial charge in [0.25, 0.3) is 0 Å². The molecule has 9 nitrogen and oxygen atoms in total. The molecule has 3 aromatic rings. The second-order valence-electron chi connectivity index (χ2n) is 8.19. The number of amides is 1. The maximum atomic E-state index is 12.9. The average Bonchev–Trinajstić information content (AvgIpc) is 3.52. The number of benzene rings is 1. The molecule has 1 N–H and O–H groups in total. The van der Waals surface area contributed by atoms with Gasteiger partial charge in [0.1, 0.15) is 11.5 Å². The van der Waals surface area contributed by atoms with Gasteiger partial charge in [0.15, 0.2) is 5.78 Å². The monoisotopic (exact) mass is 437 g/mol. The second kappa shape index (κ2) is 9.44. The molecule has 0 unspecified atom stereocenters. The number of carbonyl (C=O) groups is 2. The van der Waals surface area contributed by atoms with Gasteiger partial charge in [-0.05, 0) is 25.8 Å². The Morgan fingerprint density at radius 2 is 2.03 bits per heavy atom. The Morgan fingerprint density at radius 1 is 1.25 bits per heavy atom. The zero-order valence-corrected chi connectivity index (χ0v) is 18.3. The van der Waals surface area contributed by atoms with E-state index in [0.717, 1.165) is 23.4 Å². The Kier molecular flexibility index (Phi) is 6.45. The lowest BCUT2D eigenvalue weighted by Crippen LogP contribution is -2.41. The van der Waals surface area contributed by atoms with Crippen LogP contribution in [-0.2, 0) is 29.0 Å². The van der Waals surface area contributed by atoms with Crippen molar-refractivity contribution >= 4 is 11.7 Å². The number of aryl methyl sites for hydroxylation is 3. The molecule has 1 fully saturated rings. The molecule has 0 saturated carbocycles. The molecule has 0 spiro atoms. The van der Waals surface area contributed by atoms with Crippen LogP contribution in [0.2, 0.25) is 0 Å². The van der Waals surface area contributed by atoms with Crippen molar-refractivity contribution in [3.63, 3.8) is 0 Å². The smallest absolute Gasteiger partial charge is 0.231 e. The van der Waals surface area contributed by atoms with Gasteiger partial charge in [-0.2, -0.15) is 0 Å². The summed E-state index contributed by atoms with van der Waals surface area (Å²) in [7, 11) is 0. The minimum absolute atomic E-state index is 0.0292. The largest absolute Gasteiger partial charge is 0.391 e. The molecule has 1 aromatic carbocycles. The van der Waals surface area contributed by atoms with E-state index < -0.39 is 12.1 Å². The zero-order valence-electron chi connectivity index (χ0n) is 18.3. The van der Waals surface area contributed by atoms with Crippen molar-refractivity contribution in [2.24, 2.45) is 0 Å². The fraction of sp³-hybridized carbons (Fsp3) is 0.435. The van der Waals surface area contributed by atoms with E-state index in [1.54, 1.807) is 17.7 Å².